The monoisotopic (exact) mass is 415 g/mol. The molecule has 9 heteroatoms. The molecule has 1 amide bonds. The first kappa shape index (κ1) is 17.7. The van der Waals surface area contributed by atoms with Gasteiger partial charge in [-0.25, -0.2) is 0 Å². The molecular formula is C22H17N5O4. The Morgan fingerprint density at radius 1 is 1.00 bits per heavy atom. The first-order valence-electron chi connectivity index (χ1n) is 9.88. The predicted molar refractivity (Wildman–Crippen MR) is 109 cm³/mol. The lowest BCUT2D eigenvalue weighted by atomic mass is 9.99. The number of rotatable bonds is 4. The second-order valence-corrected chi connectivity index (χ2v) is 7.46. The van der Waals surface area contributed by atoms with Crippen LogP contribution in [0, 0.1) is 0 Å². The van der Waals surface area contributed by atoms with Crippen LogP contribution in [0.1, 0.15) is 22.3 Å². The molecule has 2 aromatic heterocycles. The highest BCUT2D eigenvalue weighted by atomic mass is 16.7. The van der Waals surface area contributed by atoms with E-state index < -0.39 is 0 Å². The van der Waals surface area contributed by atoms with Crippen molar-refractivity contribution in [1.82, 2.24) is 25.2 Å². The molecule has 2 aliphatic rings. The van der Waals surface area contributed by atoms with Crippen molar-refractivity contribution in [3.63, 3.8) is 0 Å². The summed E-state index contributed by atoms with van der Waals surface area (Å²) in [5.74, 6) is 2.41. The van der Waals surface area contributed by atoms with Crippen molar-refractivity contribution in [2.24, 2.45) is 0 Å². The maximum atomic E-state index is 12.8. The van der Waals surface area contributed by atoms with Gasteiger partial charge in [-0.05, 0) is 24.3 Å². The molecule has 6 rings (SSSR count). The number of aromatic amines is 1. The molecule has 0 radical (unpaired) electrons. The second-order valence-electron chi connectivity index (χ2n) is 7.46. The number of carbonyl (C=O) groups excluding carboxylic acids is 1. The van der Waals surface area contributed by atoms with Gasteiger partial charge in [-0.3, -0.25) is 9.89 Å². The highest BCUT2D eigenvalue weighted by molar-refractivity contribution is 5.94. The Morgan fingerprint density at radius 3 is 2.71 bits per heavy atom. The van der Waals surface area contributed by atoms with Crippen molar-refractivity contribution in [3.05, 3.63) is 66.2 Å². The fourth-order valence-corrected chi connectivity index (χ4v) is 3.71. The van der Waals surface area contributed by atoms with Gasteiger partial charge in [0, 0.05) is 24.2 Å². The highest BCUT2D eigenvalue weighted by Gasteiger charge is 2.36. The van der Waals surface area contributed by atoms with E-state index in [1.165, 1.54) is 0 Å². The fraction of sp³-hybridized carbons (Fsp3) is 0.182. The van der Waals surface area contributed by atoms with Gasteiger partial charge in [-0.15, -0.1) is 0 Å². The summed E-state index contributed by atoms with van der Waals surface area (Å²) in [4.78, 5) is 19.0. The molecule has 0 atom stereocenters. The summed E-state index contributed by atoms with van der Waals surface area (Å²) >= 11 is 0. The number of H-pyrrole nitrogens is 1. The van der Waals surface area contributed by atoms with Crippen LogP contribution < -0.4 is 9.47 Å². The quantitative estimate of drug-likeness (QED) is 0.546. The van der Waals surface area contributed by atoms with Crippen molar-refractivity contribution in [3.8, 4) is 34.1 Å². The topological polar surface area (TPSA) is 106 Å². The Hall–Kier alpha value is -4.14. The van der Waals surface area contributed by atoms with Gasteiger partial charge in [0.2, 0.25) is 18.5 Å². The van der Waals surface area contributed by atoms with Crippen molar-refractivity contribution < 1.29 is 18.8 Å². The van der Waals surface area contributed by atoms with Crippen LogP contribution in [0.15, 0.2) is 59.1 Å². The Morgan fingerprint density at radius 2 is 1.84 bits per heavy atom. The number of ether oxygens (including phenoxy) is 2. The van der Waals surface area contributed by atoms with E-state index in [1.807, 2.05) is 48.5 Å². The van der Waals surface area contributed by atoms with Gasteiger partial charge in [0.05, 0.1) is 11.6 Å². The molecule has 1 saturated heterocycles. The zero-order valence-electron chi connectivity index (χ0n) is 16.3. The first-order valence-corrected chi connectivity index (χ1v) is 9.88. The van der Waals surface area contributed by atoms with Crippen LogP contribution in [0.3, 0.4) is 0 Å². The molecule has 0 bridgehead atoms. The second kappa shape index (κ2) is 6.98. The van der Waals surface area contributed by atoms with Crippen LogP contribution >= 0.6 is 0 Å². The summed E-state index contributed by atoms with van der Waals surface area (Å²) in [6.07, 6.45) is 0. The largest absolute Gasteiger partial charge is 0.454 e. The van der Waals surface area contributed by atoms with E-state index in [2.05, 4.69) is 20.3 Å². The van der Waals surface area contributed by atoms with Gasteiger partial charge >= 0.3 is 0 Å². The van der Waals surface area contributed by atoms with Crippen molar-refractivity contribution >= 4 is 5.91 Å². The SMILES string of the molecule is O=C(c1cc(-c2ccc3c(c2)OCO3)n[nH]1)N1CC(c2nc(-c3ccccc3)no2)C1. The summed E-state index contributed by atoms with van der Waals surface area (Å²) in [5, 5.41) is 11.2. The Kier molecular flexibility index (Phi) is 3.98. The number of carbonyl (C=O) groups is 1. The molecule has 0 spiro atoms. The number of hydrogen-bond donors (Lipinski definition) is 1. The van der Waals surface area contributed by atoms with E-state index in [0.717, 1.165) is 11.1 Å². The molecule has 0 unspecified atom stereocenters. The maximum absolute atomic E-state index is 12.8. The van der Waals surface area contributed by atoms with E-state index in [-0.39, 0.29) is 18.6 Å². The number of nitrogens with zero attached hydrogens (tertiary/aromatic N) is 4. The van der Waals surface area contributed by atoms with Gasteiger partial charge in [0.15, 0.2) is 11.5 Å². The van der Waals surface area contributed by atoms with E-state index in [1.54, 1.807) is 11.0 Å². The molecule has 9 nitrogen and oxygen atoms in total. The van der Waals surface area contributed by atoms with Crippen molar-refractivity contribution in [1.29, 1.82) is 0 Å². The van der Waals surface area contributed by atoms with Crippen LogP contribution in [0.2, 0.25) is 0 Å². The minimum atomic E-state index is -0.112. The molecule has 0 saturated carbocycles. The van der Waals surface area contributed by atoms with Crippen molar-refractivity contribution in [2.75, 3.05) is 19.9 Å². The molecule has 2 aromatic carbocycles. The van der Waals surface area contributed by atoms with Crippen LogP contribution in [0.25, 0.3) is 22.6 Å². The third-order valence-corrected chi connectivity index (χ3v) is 5.47. The van der Waals surface area contributed by atoms with Gasteiger partial charge in [-0.1, -0.05) is 35.5 Å². The minimum absolute atomic E-state index is 0.0326. The normalized spacial score (nSPS) is 15.2. The summed E-state index contributed by atoms with van der Waals surface area (Å²) in [5.41, 5.74) is 2.85. The first-order chi connectivity index (χ1) is 15.2. The molecular weight excluding hydrogens is 398 g/mol. The number of amides is 1. The Balaban J connectivity index is 1.12. The molecule has 4 aromatic rings. The lowest BCUT2D eigenvalue weighted by Gasteiger charge is -2.36. The fourth-order valence-electron chi connectivity index (χ4n) is 3.71. The number of nitrogens with one attached hydrogen (secondary N) is 1. The molecule has 2 aliphatic heterocycles. The average molecular weight is 415 g/mol. The third kappa shape index (κ3) is 3.10. The smallest absolute Gasteiger partial charge is 0.271 e. The minimum Gasteiger partial charge on any atom is -0.454 e. The molecule has 154 valence electrons. The van der Waals surface area contributed by atoms with Crippen LogP contribution in [-0.4, -0.2) is 51.0 Å². The van der Waals surface area contributed by atoms with E-state index in [9.17, 15) is 4.79 Å². The Bertz CT molecular complexity index is 1260. The van der Waals surface area contributed by atoms with Crippen LogP contribution in [-0.2, 0) is 0 Å². The van der Waals surface area contributed by atoms with E-state index in [0.29, 0.717) is 47.7 Å². The number of aromatic nitrogens is 4. The Labute approximate surface area is 176 Å². The van der Waals surface area contributed by atoms with E-state index in [4.69, 9.17) is 14.0 Å². The van der Waals surface area contributed by atoms with Gasteiger partial charge < -0.3 is 18.9 Å². The maximum Gasteiger partial charge on any atom is 0.271 e. The number of hydrogen-bond acceptors (Lipinski definition) is 7. The number of benzene rings is 2. The standard InChI is InChI=1S/C22H17N5O4/c28-22(17-9-16(24-25-17)14-6-7-18-19(8-14)30-12-29-18)27-10-15(11-27)21-23-20(26-31-21)13-4-2-1-3-5-13/h1-9,15H,10-12H2,(H,24,25). The van der Waals surface area contributed by atoms with Crippen LogP contribution in [0.4, 0.5) is 0 Å². The summed E-state index contributed by atoms with van der Waals surface area (Å²) in [6, 6.07) is 17.0. The molecule has 31 heavy (non-hydrogen) atoms. The van der Waals surface area contributed by atoms with Gasteiger partial charge in [0.25, 0.3) is 5.91 Å². The number of likely N-dealkylation sites (tertiary alicyclic amines) is 1. The number of fused-ring (bicyclic) bond motifs is 1. The lowest BCUT2D eigenvalue weighted by molar-refractivity contribution is 0.0563. The van der Waals surface area contributed by atoms with E-state index >= 15 is 0 Å². The van der Waals surface area contributed by atoms with Crippen LogP contribution in [0.5, 0.6) is 11.5 Å². The summed E-state index contributed by atoms with van der Waals surface area (Å²) < 4.78 is 16.2. The zero-order valence-corrected chi connectivity index (χ0v) is 16.3. The molecule has 1 fully saturated rings. The molecule has 1 N–H and O–H groups in total. The lowest BCUT2D eigenvalue weighted by Crippen LogP contribution is -2.48. The molecule has 0 aliphatic carbocycles. The zero-order chi connectivity index (χ0) is 20.8. The summed E-state index contributed by atoms with van der Waals surface area (Å²) in [6.45, 7) is 1.26. The molecule has 4 heterocycles. The third-order valence-electron chi connectivity index (χ3n) is 5.47. The predicted octanol–water partition coefficient (Wildman–Crippen LogP) is 3.10. The van der Waals surface area contributed by atoms with Crippen molar-refractivity contribution in [2.45, 2.75) is 5.92 Å². The van der Waals surface area contributed by atoms with Gasteiger partial charge in [-0.2, -0.15) is 10.1 Å². The summed E-state index contributed by atoms with van der Waals surface area (Å²) in [7, 11) is 0. The average Bonchev–Trinajstić information content (AvgIpc) is 3.52. The highest BCUT2D eigenvalue weighted by Crippen LogP contribution is 2.36. The van der Waals surface area contributed by atoms with Gasteiger partial charge in [0.1, 0.15) is 5.69 Å².